The van der Waals surface area contributed by atoms with Crippen LogP contribution in [-0.4, -0.2) is 44.3 Å². The number of aryl methyl sites for hydroxylation is 1. The maximum absolute atomic E-state index is 14.9. The molecule has 0 bridgehead atoms. The topological polar surface area (TPSA) is 85.1 Å². The Morgan fingerprint density at radius 1 is 1.18 bits per heavy atom. The van der Waals surface area contributed by atoms with Crippen molar-refractivity contribution in [1.29, 1.82) is 0 Å². The van der Waals surface area contributed by atoms with E-state index >= 15 is 0 Å². The number of ether oxygens (including phenoxy) is 1. The Kier molecular flexibility index (Phi) is 5.26. The summed E-state index contributed by atoms with van der Waals surface area (Å²) in [6.07, 6.45) is 2.95. The highest BCUT2D eigenvalue weighted by atomic mass is 19.3. The van der Waals surface area contributed by atoms with E-state index in [4.69, 9.17) is 0 Å². The Bertz CT molecular complexity index is 1320. The monoisotopic (exact) mass is 455 g/mol. The van der Waals surface area contributed by atoms with Crippen LogP contribution in [0.4, 0.5) is 13.2 Å². The third-order valence-corrected chi connectivity index (χ3v) is 5.76. The van der Waals surface area contributed by atoms with Crippen molar-refractivity contribution in [3.8, 4) is 16.9 Å². The number of hydrogen-bond acceptors (Lipinski definition) is 6. The van der Waals surface area contributed by atoms with Crippen LogP contribution in [0, 0.1) is 12.7 Å². The molecule has 0 amide bonds. The third-order valence-electron chi connectivity index (χ3n) is 5.76. The fourth-order valence-corrected chi connectivity index (χ4v) is 3.93. The number of nitrogens with one attached hydrogen (secondary N) is 1. The molecule has 0 aliphatic carbocycles. The van der Waals surface area contributed by atoms with E-state index < -0.39 is 18.0 Å². The van der Waals surface area contributed by atoms with Crippen molar-refractivity contribution >= 4 is 11.0 Å². The molecule has 0 saturated carbocycles. The second-order valence-corrected chi connectivity index (χ2v) is 7.98. The van der Waals surface area contributed by atoms with Gasteiger partial charge in [0.15, 0.2) is 5.82 Å². The molecule has 1 aliphatic rings. The van der Waals surface area contributed by atoms with Crippen molar-refractivity contribution in [2.45, 2.75) is 25.7 Å². The first kappa shape index (κ1) is 21.4. The molecule has 1 saturated heterocycles. The minimum absolute atomic E-state index is 0.0727. The average Bonchev–Trinajstić information content (AvgIpc) is 3.06. The molecule has 0 atom stereocenters. The van der Waals surface area contributed by atoms with Crippen molar-refractivity contribution in [1.82, 2.24) is 24.8 Å². The van der Waals surface area contributed by atoms with E-state index in [0.717, 1.165) is 0 Å². The number of benzene rings is 2. The van der Waals surface area contributed by atoms with Gasteiger partial charge in [-0.25, -0.2) is 19.3 Å². The molecule has 0 radical (unpaired) electrons. The van der Waals surface area contributed by atoms with E-state index in [1.165, 1.54) is 24.5 Å². The number of halogens is 3. The van der Waals surface area contributed by atoms with Gasteiger partial charge in [-0.1, -0.05) is 18.2 Å². The number of rotatable bonds is 6. The molecule has 7 nitrogen and oxygen atoms in total. The zero-order valence-electron chi connectivity index (χ0n) is 17.6. The molecule has 5 rings (SSSR count). The first-order valence-electron chi connectivity index (χ1n) is 10.3. The highest BCUT2D eigenvalue weighted by Crippen LogP contribution is 2.30. The van der Waals surface area contributed by atoms with Crippen molar-refractivity contribution in [2.24, 2.45) is 0 Å². The van der Waals surface area contributed by atoms with Gasteiger partial charge in [0.05, 0.1) is 17.6 Å². The van der Waals surface area contributed by atoms with Gasteiger partial charge in [0.1, 0.15) is 23.0 Å². The highest BCUT2D eigenvalue weighted by molar-refractivity contribution is 5.83. The number of alkyl halides is 2. The number of aliphatic hydroxyl groups is 1. The fourth-order valence-electron chi connectivity index (χ4n) is 3.93. The maximum Gasteiger partial charge on any atom is 0.387 e. The zero-order chi connectivity index (χ0) is 23.2. The summed E-state index contributed by atoms with van der Waals surface area (Å²) in [7, 11) is 0. The van der Waals surface area contributed by atoms with Crippen LogP contribution in [0.3, 0.4) is 0 Å². The molecule has 1 aliphatic heterocycles. The first-order valence-corrected chi connectivity index (χ1v) is 10.3. The van der Waals surface area contributed by atoms with Gasteiger partial charge in [0.25, 0.3) is 0 Å². The molecule has 3 heterocycles. The Balaban J connectivity index is 1.53. The number of hydrogen-bond donors (Lipinski definition) is 2. The molecule has 2 aromatic carbocycles. The average molecular weight is 455 g/mol. The van der Waals surface area contributed by atoms with Gasteiger partial charge in [-0.3, -0.25) is 0 Å². The summed E-state index contributed by atoms with van der Waals surface area (Å²) < 4.78 is 47.0. The van der Waals surface area contributed by atoms with Gasteiger partial charge in [0, 0.05) is 48.2 Å². The fraction of sp³-hybridized carbons (Fsp3) is 0.261. The van der Waals surface area contributed by atoms with Crippen LogP contribution in [0.2, 0.25) is 0 Å². The molecule has 10 heteroatoms. The molecule has 2 N–H and O–H groups in total. The lowest BCUT2D eigenvalue weighted by molar-refractivity contribution is -0.0504. The Morgan fingerprint density at radius 3 is 2.58 bits per heavy atom. The van der Waals surface area contributed by atoms with E-state index in [1.54, 1.807) is 31.2 Å². The van der Waals surface area contributed by atoms with E-state index in [9.17, 15) is 18.3 Å². The molecule has 2 aromatic heterocycles. The number of β-amino-alcohol motifs (C(OH)–C–C–N with tert-alkyl or cyclic N) is 1. The summed E-state index contributed by atoms with van der Waals surface area (Å²) >= 11 is 0. The van der Waals surface area contributed by atoms with E-state index in [0.29, 0.717) is 41.1 Å². The van der Waals surface area contributed by atoms with Crippen LogP contribution in [-0.2, 0) is 12.1 Å². The van der Waals surface area contributed by atoms with E-state index in [2.05, 4.69) is 25.0 Å². The standard InChI is InChI=1S/C23H20F3N5O2/c1-13-30-18-7-17(24)16(15-8-28-21(29-9-15)23(32)11-27-12-23)6-19(18)31(13)10-14-4-2-3-5-20(14)33-22(25)26/h2-9,22,27,32H,10-12H2,1H3. The molecule has 4 aromatic rings. The highest BCUT2D eigenvalue weighted by Gasteiger charge is 2.39. The van der Waals surface area contributed by atoms with E-state index in [-0.39, 0.29) is 23.7 Å². The molecule has 33 heavy (non-hydrogen) atoms. The van der Waals surface area contributed by atoms with Crippen molar-refractivity contribution in [2.75, 3.05) is 13.1 Å². The van der Waals surface area contributed by atoms with Gasteiger partial charge < -0.3 is 19.7 Å². The molecule has 170 valence electrons. The van der Waals surface area contributed by atoms with Gasteiger partial charge in [-0.05, 0) is 19.1 Å². The maximum atomic E-state index is 14.9. The minimum atomic E-state index is -2.94. The Morgan fingerprint density at radius 2 is 1.91 bits per heavy atom. The summed E-state index contributed by atoms with van der Waals surface area (Å²) in [5.41, 5.74) is 1.22. The zero-order valence-corrected chi connectivity index (χ0v) is 17.6. The number of nitrogens with zero attached hydrogens (tertiary/aromatic N) is 4. The number of aromatic nitrogens is 4. The predicted molar refractivity (Wildman–Crippen MR) is 114 cm³/mol. The summed E-state index contributed by atoms with van der Waals surface area (Å²) in [4.78, 5) is 12.9. The molecule has 0 spiro atoms. The number of para-hydroxylation sites is 1. The largest absolute Gasteiger partial charge is 0.434 e. The van der Waals surface area contributed by atoms with Gasteiger partial charge in [0.2, 0.25) is 0 Å². The van der Waals surface area contributed by atoms with Crippen LogP contribution < -0.4 is 10.1 Å². The van der Waals surface area contributed by atoms with Crippen molar-refractivity contribution < 1.29 is 23.0 Å². The van der Waals surface area contributed by atoms with Crippen LogP contribution >= 0.6 is 0 Å². The third kappa shape index (κ3) is 3.91. The Hall–Kier alpha value is -3.50. The van der Waals surface area contributed by atoms with Crippen molar-refractivity contribution in [3.05, 3.63) is 71.8 Å². The quantitative estimate of drug-likeness (QED) is 0.464. The summed E-state index contributed by atoms with van der Waals surface area (Å²) in [5.74, 6) is 0.458. The lowest BCUT2D eigenvalue weighted by Gasteiger charge is -2.35. The second-order valence-electron chi connectivity index (χ2n) is 7.98. The van der Waals surface area contributed by atoms with Gasteiger partial charge in [-0.2, -0.15) is 8.78 Å². The SMILES string of the molecule is Cc1nc2cc(F)c(-c3cnc(C4(O)CNC4)nc3)cc2n1Cc1ccccc1OC(F)F. The molecule has 0 unspecified atom stereocenters. The van der Waals surface area contributed by atoms with Gasteiger partial charge in [-0.15, -0.1) is 0 Å². The van der Waals surface area contributed by atoms with Crippen LogP contribution in [0.5, 0.6) is 5.75 Å². The minimum Gasteiger partial charge on any atom is -0.434 e. The van der Waals surface area contributed by atoms with Crippen LogP contribution in [0.1, 0.15) is 17.2 Å². The van der Waals surface area contributed by atoms with Crippen molar-refractivity contribution in [3.63, 3.8) is 0 Å². The lowest BCUT2D eigenvalue weighted by Crippen LogP contribution is -2.57. The number of imidazole rings is 1. The summed E-state index contributed by atoms with van der Waals surface area (Å²) in [6, 6.07) is 9.49. The van der Waals surface area contributed by atoms with Crippen LogP contribution in [0.15, 0.2) is 48.8 Å². The molecular weight excluding hydrogens is 435 g/mol. The van der Waals surface area contributed by atoms with Crippen LogP contribution in [0.25, 0.3) is 22.2 Å². The normalized spacial score (nSPS) is 15.1. The summed E-state index contributed by atoms with van der Waals surface area (Å²) in [5, 5.41) is 13.3. The molecular formula is C23H20F3N5O2. The predicted octanol–water partition coefficient (Wildman–Crippen LogP) is 3.38. The summed E-state index contributed by atoms with van der Waals surface area (Å²) in [6.45, 7) is -0.237. The van der Waals surface area contributed by atoms with Gasteiger partial charge >= 0.3 is 6.61 Å². The second kappa shape index (κ2) is 8.13. The smallest absolute Gasteiger partial charge is 0.387 e. The Labute approximate surface area is 186 Å². The van der Waals surface area contributed by atoms with E-state index in [1.807, 2.05) is 4.57 Å². The first-order chi connectivity index (χ1) is 15.8. The molecule has 1 fully saturated rings. The lowest BCUT2D eigenvalue weighted by atomic mass is 9.96. The number of fused-ring (bicyclic) bond motifs is 1.